The van der Waals surface area contributed by atoms with Crippen LogP contribution in [0.25, 0.3) is 0 Å². The molecule has 21 heavy (non-hydrogen) atoms. The number of hydrogen-bond donors (Lipinski definition) is 1. The van der Waals surface area contributed by atoms with Gasteiger partial charge in [-0.05, 0) is 68.6 Å². The van der Waals surface area contributed by atoms with Crippen LogP contribution in [0.5, 0.6) is 0 Å². The van der Waals surface area contributed by atoms with Gasteiger partial charge in [0.15, 0.2) is 0 Å². The van der Waals surface area contributed by atoms with Crippen molar-refractivity contribution in [2.45, 2.75) is 72.3 Å². The molecular formula is C19H30O2. The molecule has 0 saturated heterocycles. The molecule has 3 aliphatic carbocycles. The molecule has 0 aromatic heterocycles. The van der Waals surface area contributed by atoms with Crippen molar-refractivity contribution >= 4 is 5.78 Å². The first-order chi connectivity index (χ1) is 9.79. The molecule has 2 nitrogen and oxygen atoms in total. The lowest BCUT2D eigenvalue weighted by atomic mass is 9.47. The highest BCUT2D eigenvalue weighted by atomic mass is 16.3. The van der Waals surface area contributed by atoms with Crippen molar-refractivity contribution in [3.05, 3.63) is 11.6 Å². The van der Waals surface area contributed by atoms with Gasteiger partial charge in [0.1, 0.15) is 5.78 Å². The molecule has 0 heterocycles. The van der Waals surface area contributed by atoms with E-state index in [1.54, 1.807) is 6.92 Å². The average Bonchev–Trinajstić information content (AvgIpc) is 2.43. The molecule has 118 valence electrons. The Kier molecular flexibility index (Phi) is 3.59. The van der Waals surface area contributed by atoms with Crippen LogP contribution in [0, 0.1) is 28.6 Å². The molecule has 6 unspecified atom stereocenters. The van der Waals surface area contributed by atoms with Crippen molar-refractivity contribution < 1.29 is 9.90 Å². The minimum Gasteiger partial charge on any atom is -0.393 e. The molecule has 0 bridgehead atoms. The van der Waals surface area contributed by atoms with Gasteiger partial charge in [0.05, 0.1) is 6.10 Å². The van der Waals surface area contributed by atoms with Crippen LogP contribution in [0.3, 0.4) is 0 Å². The van der Waals surface area contributed by atoms with Gasteiger partial charge in [0.2, 0.25) is 0 Å². The van der Waals surface area contributed by atoms with Crippen LogP contribution in [0.1, 0.15) is 66.2 Å². The van der Waals surface area contributed by atoms with Crippen LogP contribution in [0.15, 0.2) is 11.6 Å². The maximum Gasteiger partial charge on any atom is 0.135 e. The maximum absolute atomic E-state index is 12.2. The molecule has 6 atom stereocenters. The smallest absolute Gasteiger partial charge is 0.135 e. The van der Waals surface area contributed by atoms with Gasteiger partial charge in [0.25, 0.3) is 0 Å². The summed E-state index contributed by atoms with van der Waals surface area (Å²) in [7, 11) is 0. The summed E-state index contributed by atoms with van der Waals surface area (Å²) in [6.45, 7) is 8.69. The van der Waals surface area contributed by atoms with Crippen molar-refractivity contribution in [2.75, 3.05) is 0 Å². The second kappa shape index (κ2) is 4.94. The molecule has 0 aliphatic heterocycles. The Morgan fingerprint density at radius 3 is 2.67 bits per heavy atom. The topological polar surface area (TPSA) is 37.3 Å². The molecule has 0 radical (unpaired) electrons. The van der Waals surface area contributed by atoms with Gasteiger partial charge < -0.3 is 5.11 Å². The lowest BCUT2D eigenvalue weighted by Crippen LogP contribution is -2.51. The lowest BCUT2D eigenvalue weighted by Gasteiger charge is -2.57. The van der Waals surface area contributed by atoms with E-state index < -0.39 is 0 Å². The number of hydrogen-bond acceptors (Lipinski definition) is 2. The fourth-order valence-electron chi connectivity index (χ4n) is 5.61. The van der Waals surface area contributed by atoms with E-state index in [1.807, 2.05) is 0 Å². The Labute approximate surface area is 129 Å². The van der Waals surface area contributed by atoms with Crippen LogP contribution in [0.2, 0.25) is 0 Å². The van der Waals surface area contributed by atoms with E-state index in [0.29, 0.717) is 23.5 Å². The van der Waals surface area contributed by atoms with E-state index in [1.165, 1.54) is 12.0 Å². The quantitative estimate of drug-likeness (QED) is 0.737. The second-order valence-corrected chi connectivity index (χ2v) is 8.35. The number of aliphatic hydroxyl groups is 1. The van der Waals surface area contributed by atoms with Crippen molar-refractivity contribution in [3.8, 4) is 0 Å². The molecule has 0 aromatic carbocycles. The second-order valence-electron chi connectivity index (χ2n) is 8.35. The van der Waals surface area contributed by atoms with Crippen LogP contribution in [-0.2, 0) is 4.79 Å². The van der Waals surface area contributed by atoms with Crippen molar-refractivity contribution in [3.63, 3.8) is 0 Å². The summed E-state index contributed by atoms with van der Waals surface area (Å²) in [5.74, 6) is 2.17. The molecule has 2 fully saturated rings. The minimum atomic E-state index is -0.135. The van der Waals surface area contributed by atoms with E-state index in [0.717, 1.165) is 32.1 Å². The highest BCUT2D eigenvalue weighted by molar-refractivity contribution is 5.82. The minimum absolute atomic E-state index is 0.128. The Hall–Kier alpha value is -0.630. The fraction of sp³-hybridized carbons (Fsp3) is 0.842. The van der Waals surface area contributed by atoms with Crippen LogP contribution >= 0.6 is 0 Å². The van der Waals surface area contributed by atoms with Gasteiger partial charge in [-0.3, -0.25) is 4.79 Å². The van der Waals surface area contributed by atoms with Gasteiger partial charge in [0, 0.05) is 5.41 Å². The highest BCUT2D eigenvalue weighted by Crippen LogP contribution is 2.61. The van der Waals surface area contributed by atoms with Gasteiger partial charge in [-0.25, -0.2) is 0 Å². The number of allylic oxidation sites excluding steroid dienone is 1. The first-order valence-corrected chi connectivity index (χ1v) is 8.67. The summed E-state index contributed by atoms with van der Waals surface area (Å²) < 4.78 is 0. The average molecular weight is 290 g/mol. The monoisotopic (exact) mass is 290 g/mol. The van der Waals surface area contributed by atoms with Gasteiger partial charge >= 0.3 is 0 Å². The Bertz CT molecular complexity index is 480. The number of rotatable bonds is 1. The molecule has 1 N–H and O–H groups in total. The third-order valence-electron chi connectivity index (χ3n) is 7.58. The summed E-state index contributed by atoms with van der Waals surface area (Å²) in [5.41, 5.74) is 1.65. The van der Waals surface area contributed by atoms with Crippen LogP contribution in [-0.4, -0.2) is 17.0 Å². The predicted octanol–water partition coefficient (Wildman–Crippen LogP) is 4.13. The SMILES string of the molecule is CC(=O)C1(C)CCC2C(CC=C3CC(O)CCC32C)C1C. The molecule has 2 saturated carbocycles. The number of Topliss-reactive ketones (excluding diaryl/α,β-unsaturated/α-hetero) is 1. The van der Waals surface area contributed by atoms with E-state index in [9.17, 15) is 9.90 Å². The van der Waals surface area contributed by atoms with Gasteiger partial charge in [-0.2, -0.15) is 0 Å². The predicted molar refractivity (Wildman–Crippen MR) is 84.8 cm³/mol. The lowest BCUT2D eigenvalue weighted by molar-refractivity contribution is -0.136. The maximum atomic E-state index is 12.2. The van der Waals surface area contributed by atoms with E-state index >= 15 is 0 Å². The zero-order valence-corrected chi connectivity index (χ0v) is 14.0. The van der Waals surface area contributed by atoms with Crippen molar-refractivity contribution in [1.29, 1.82) is 0 Å². The molecule has 3 rings (SSSR count). The highest BCUT2D eigenvalue weighted by Gasteiger charge is 2.54. The number of fused-ring (bicyclic) bond motifs is 3. The van der Waals surface area contributed by atoms with Gasteiger partial charge in [-0.1, -0.05) is 32.4 Å². The molecular weight excluding hydrogens is 260 g/mol. The van der Waals surface area contributed by atoms with E-state index in [4.69, 9.17) is 0 Å². The van der Waals surface area contributed by atoms with E-state index in [2.05, 4.69) is 26.8 Å². The Morgan fingerprint density at radius 2 is 2.00 bits per heavy atom. The molecule has 0 spiro atoms. The third-order valence-corrected chi connectivity index (χ3v) is 7.58. The molecule has 3 aliphatic rings. The van der Waals surface area contributed by atoms with Crippen molar-refractivity contribution in [1.82, 2.24) is 0 Å². The first-order valence-electron chi connectivity index (χ1n) is 8.67. The number of carbonyl (C=O) groups is 1. The van der Waals surface area contributed by atoms with Gasteiger partial charge in [-0.15, -0.1) is 0 Å². The normalized spacial score (nSPS) is 49.9. The number of aliphatic hydroxyl groups excluding tert-OH is 1. The largest absolute Gasteiger partial charge is 0.393 e. The van der Waals surface area contributed by atoms with Crippen molar-refractivity contribution in [2.24, 2.45) is 28.6 Å². The van der Waals surface area contributed by atoms with E-state index in [-0.39, 0.29) is 16.9 Å². The summed E-state index contributed by atoms with van der Waals surface area (Å²) in [5, 5.41) is 9.98. The number of ketones is 1. The molecule has 0 amide bonds. The zero-order valence-electron chi connectivity index (χ0n) is 14.0. The standard InChI is InChI=1S/C19H30O2/c1-12-16-6-5-14-11-15(21)7-9-19(14,4)17(16)8-10-18(12,3)13(2)20/h5,12,15-17,21H,6-11H2,1-4H3. The first kappa shape index (κ1) is 15.3. The summed E-state index contributed by atoms with van der Waals surface area (Å²) in [6, 6.07) is 0. The summed E-state index contributed by atoms with van der Waals surface area (Å²) >= 11 is 0. The molecule has 0 aromatic rings. The van der Waals surface area contributed by atoms with Crippen LogP contribution < -0.4 is 0 Å². The number of carbonyl (C=O) groups excluding carboxylic acids is 1. The molecule has 2 heteroatoms. The summed E-state index contributed by atoms with van der Waals surface area (Å²) in [4.78, 5) is 12.2. The summed E-state index contributed by atoms with van der Waals surface area (Å²) in [6.07, 6.45) is 8.52. The van der Waals surface area contributed by atoms with Crippen LogP contribution in [0.4, 0.5) is 0 Å². The fourth-order valence-corrected chi connectivity index (χ4v) is 5.61. The third kappa shape index (κ3) is 2.13. The Morgan fingerprint density at radius 1 is 1.29 bits per heavy atom. The zero-order chi connectivity index (χ0) is 15.4. The Balaban J connectivity index is 1.92.